The third kappa shape index (κ3) is 2.77. The molecule has 2 aromatic rings. The number of ether oxygens (including phenoxy) is 1. The number of benzene rings is 2. The monoisotopic (exact) mass is 364 g/mol. The minimum absolute atomic E-state index is 0.116. The van der Waals surface area contributed by atoms with Crippen molar-refractivity contribution in [2.75, 3.05) is 23.9 Å². The minimum Gasteiger partial charge on any atom is -0.465 e. The normalized spacial score (nSPS) is 17.5. The average Bonchev–Trinajstić information content (AvgIpc) is 2.94. The van der Waals surface area contributed by atoms with E-state index in [1.54, 1.807) is 24.3 Å². The van der Waals surface area contributed by atoms with Crippen LogP contribution in [0.2, 0.25) is 0 Å². The van der Waals surface area contributed by atoms with Gasteiger partial charge in [-0.15, -0.1) is 0 Å². The average molecular weight is 364 g/mol. The number of hydrogen-bond acceptors (Lipinski definition) is 4. The fraction of sp³-hybridized carbons (Fsp3) is 0.286. The summed E-state index contributed by atoms with van der Waals surface area (Å²) in [5.74, 6) is -1.03. The molecule has 0 unspecified atom stereocenters. The third-order valence-corrected chi connectivity index (χ3v) is 5.25. The van der Waals surface area contributed by atoms with Crippen molar-refractivity contribution in [1.82, 2.24) is 0 Å². The maximum Gasteiger partial charge on any atom is 0.338 e. The van der Waals surface area contributed by atoms with Gasteiger partial charge in [0.15, 0.2) is 0 Å². The number of rotatable bonds is 3. The molecule has 2 aromatic carbocycles. The Labute approximate surface area is 157 Å². The number of nitrogens with one attached hydrogen (secondary N) is 1. The van der Waals surface area contributed by atoms with Gasteiger partial charge in [0, 0.05) is 12.2 Å². The molecule has 0 saturated carbocycles. The molecule has 1 N–H and O–H groups in total. The van der Waals surface area contributed by atoms with Crippen molar-refractivity contribution in [3.63, 3.8) is 0 Å². The topological polar surface area (TPSA) is 75.7 Å². The number of methoxy groups -OCH3 is 1. The number of anilines is 2. The van der Waals surface area contributed by atoms with Crippen LogP contribution in [0, 0.1) is 0 Å². The van der Waals surface area contributed by atoms with Crippen LogP contribution in [-0.2, 0) is 16.0 Å². The standard InChI is InChI=1S/C21H20N2O4/c1-12-17-11-14(10-13-6-5-9-23(18(13)17)20(12)25)22-19(24)15-7-3-4-8-16(15)21(26)27-2/h3-4,7-8,10-12H,5-6,9H2,1-2H3,(H,22,24)/t12-/m1/s1. The molecule has 138 valence electrons. The Balaban J connectivity index is 1.68. The molecule has 0 fully saturated rings. The van der Waals surface area contributed by atoms with Crippen molar-refractivity contribution in [2.45, 2.75) is 25.7 Å². The Morgan fingerprint density at radius 3 is 2.67 bits per heavy atom. The van der Waals surface area contributed by atoms with Gasteiger partial charge in [0.25, 0.3) is 5.91 Å². The fourth-order valence-electron chi connectivity index (χ4n) is 3.94. The minimum atomic E-state index is -0.556. The molecule has 6 nitrogen and oxygen atoms in total. The maximum atomic E-state index is 12.8. The number of hydrogen-bond donors (Lipinski definition) is 1. The molecule has 27 heavy (non-hydrogen) atoms. The highest BCUT2D eigenvalue weighted by molar-refractivity contribution is 6.12. The second-order valence-corrected chi connectivity index (χ2v) is 6.88. The SMILES string of the molecule is COC(=O)c1ccccc1C(=O)Nc1cc2c3c(c1)[C@@H](C)C(=O)N3CCC2. The molecular formula is C21H20N2O4. The summed E-state index contributed by atoms with van der Waals surface area (Å²) in [5, 5.41) is 2.88. The maximum absolute atomic E-state index is 12.8. The Morgan fingerprint density at radius 2 is 1.93 bits per heavy atom. The predicted molar refractivity (Wildman–Crippen MR) is 101 cm³/mol. The number of amides is 2. The lowest BCUT2D eigenvalue weighted by molar-refractivity contribution is -0.119. The molecule has 0 saturated heterocycles. The first-order chi connectivity index (χ1) is 13.0. The van der Waals surface area contributed by atoms with Crippen LogP contribution in [-0.4, -0.2) is 31.4 Å². The molecule has 2 aliphatic heterocycles. The van der Waals surface area contributed by atoms with Crippen LogP contribution >= 0.6 is 0 Å². The first kappa shape index (κ1) is 17.3. The van der Waals surface area contributed by atoms with E-state index in [4.69, 9.17) is 4.74 Å². The van der Waals surface area contributed by atoms with Crippen molar-refractivity contribution in [1.29, 1.82) is 0 Å². The van der Waals surface area contributed by atoms with Gasteiger partial charge in [-0.25, -0.2) is 4.79 Å². The van der Waals surface area contributed by atoms with Gasteiger partial charge in [-0.2, -0.15) is 0 Å². The van der Waals surface area contributed by atoms with Crippen LogP contribution in [0.1, 0.15) is 51.1 Å². The summed E-state index contributed by atoms with van der Waals surface area (Å²) in [6, 6.07) is 10.3. The molecule has 6 heteroatoms. The third-order valence-electron chi connectivity index (χ3n) is 5.25. The lowest BCUT2D eigenvalue weighted by atomic mass is 9.95. The molecular weight excluding hydrogens is 344 g/mol. The first-order valence-corrected chi connectivity index (χ1v) is 8.98. The number of carbonyl (C=O) groups excluding carboxylic acids is 3. The van der Waals surface area contributed by atoms with E-state index in [-0.39, 0.29) is 28.9 Å². The van der Waals surface area contributed by atoms with E-state index < -0.39 is 5.97 Å². The second kappa shape index (κ2) is 6.54. The highest BCUT2D eigenvalue weighted by atomic mass is 16.5. The molecule has 0 spiro atoms. The second-order valence-electron chi connectivity index (χ2n) is 6.88. The zero-order valence-electron chi connectivity index (χ0n) is 15.2. The van der Waals surface area contributed by atoms with Crippen LogP contribution in [0.5, 0.6) is 0 Å². The molecule has 2 amide bonds. The number of nitrogens with zero attached hydrogens (tertiary/aromatic N) is 1. The van der Waals surface area contributed by atoms with Crippen LogP contribution in [0.4, 0.5) is 11.4 Å². The lowest BCUT2D eigenvalue weighted by Gasteiger charge is -2.26. The van der Waals surface area contributed by atoms with Crippen LogP contribution < -0.4 is 10.2 Å². The van der Waals surface area contributed by atoms with E-state index >= 15 is 0 Å². The summed E-state index contributed by atoms with van der Waals surface area (Å²) in [4.78, 5) is 39.0. The summed E-state index contributed by atoms with van der Waals surface area (Å²) < 4.78 is 4.76. The molecule has 4 rings (SSSR count). The van der Waals surface area contributed by atoms with E-state index in [0.717, 1.165) is 36.2 Å². The Kier molecular flexibility index (Phi) is 4.18. The van der Waals surface area contributed by atoms with Gasteiger partial charge in [0.1, 0.15) is 0 Å². The Bertz CT molecular complexity index is 967. The smallest absolute Gasteiger partial charge is 0.338 e. The van der Waals surface area contributed by atoms with Crippen molar-refractivity contribution in [3.05, 3.63) is 58.7 Å². The van der Waals surface area contributed by atoms with Gasteiger partial charge in [-0.1, -0.05) is 12.1 Å². The molecule has 0 bridgehead atoms. The first-order valence-electron chi connectivity index (χ1n) is 8.98. The lowest BCUT2D eigenvalue weighted by Crippen LogP contribution is -2.32. The van der Waals surface area contributed by atoms with Gasteiger partial charge in [-0.05, 0) is 55.2 Å². The molecule has 0 aliphatic carbocycles. The molecule has 0 aromatic heterocycles. The van der Waals surface area contributed by atoms with Crippen molar-refractivity contribution in [2.24, 2.45) is 0 Å². The molecule has 2 aliphatic rings. The van der Waals surface area contributed by atoms with Crippen LogP contribution in [0.15, 0.2) is 36.4 Å². The van der Waals surface area contributed by atoms with E-state index in [9.17, 15) is 14.4 Å². The van der Waals surface area contributed by atoms with Crippen molar-refractivity contribution >= 4 is 29.2 Å². The molecule has 2 heterocycles. The molecule has 1 atom stereocenters. The highest BCUT2D eigenvalue weighted by Crippen LogP contribution is 2.44. The number of aryl methyl sites for hydroxylation is 1. The van der Waals surface area contributed by atoms with Gasteiger partial charge < -0.3 is 15.0 Å². The van der Waals surface area contributed by atoms with Gasteiger partial charge in [-0.3, -0.25) is 9.59 Å². The Morgan fingerprint density at radius 1 is 1.19 bits per heavy atom. The highest BCUT2D eigenvalue weighted by Gasteiger charge is 2.38. The van der Waals surface area contributed by atoms with E-state index in [0.29, 0.717) is 5.69 Å². The van der Waals surface area contributed by atoms with Crippen LogP contribution in [0.3, 0.4) is 0 Å². The largest absolute Gasteiger partial charge is 0.465 e. The summed E-state index contributed by atoms with van der Waals surface area (Å²) in [5.41, 5.74) is 4.14. The molecule has 0 radical (unpaired) electrons. The van der Waals surface area contributed by atoms with Crippen LogP contribution in [0.25, 0.3) is 0 Å². The number of carbonyl (C=O) groups is 3. The van der Waals surface area contributed by atoms with E-state index in [1.165, 1.54) is 7.11 Å². The predicted octanol–water partition coefficient (Wildman–Crippen LogP) is 3.12. The summed E-state index contributed by atoms with van der Waals surface area (Å²) in [6.45, 7) is 2.65. The summed E-state index contributed by atoms with van der Waals surface area (Å²) >= 11 is 0. The van der Waals surface area contributed by atoms with E-state index in [1.807, 2.05) is 24.0 Å². The number of esters is 1. The van der Waals surface area contributed by atoms with Crippen molar-refractivity contribution in [3.8, 4) is 0 Å². The quantitative estimate of drug-likeness (QED) is 0.849. The van der Waals surface area contributed by atoms with Gasteiger partial charge in [0.2, 0.25) is 5.91 Å². The zero-order valence-corrected chi connectivity index (χ0v) is 15.2. The van der Waals surface area contributed by atoms with Gasteiger partial charge >= 0.3 is 5.97 Å². The fourth-order valence-corrected chi connectivity index (χ4v) is 3.94. The summed E-state index contributed by atoms with van der Waals surface area (Å²) in [7, 11) is 1.28. The van der Waals surface area contributed by atoms with Gasteiger partial charge in [0.05, 0.1) is 29.8 Å². The van der Waals surface area contributed by atoms with E-state index in [2.05, 4.69) is 5.32 Å². The Hall–Kier alpha value is -3.15. The zero-order chi connectivity index (χ0) is 19.1. The van der Waals surface area contributed by atoms with Crippen molar-refractivity contribution < 1.29 is 19.1 Å². The summed E-state index contributed by atoms with van der Waals surface area (Å²) in [6.07, 6.45) is 1.79.